The second-order valence-electron chi connectivity index (χ2n) is 5.14. The fourth-order valence-corrected chi connectivity index (χ4v) is 2.63. The predicted octanol–water partition coefficient (Wildman–Crippen LogP) is 1.30. The van der Waals surface area contributed by atoms with Crippen molar-refractivity contribution in [2.24, 2.45) is 0 Å². The van der Waals surface area contributed by atoms with Gasteiger partial charge in [-0.3, -0.25) is 9.59 Å². The quantitative estimate of drug-likeness (QED) is 0.631. The van der Waals surface area contributed by atoms with E-state index in [0.717, 1.165) is 0 Å². The van der Waals surface area contributed by atoms with Crippen molar-refractivity contribution in [1.29, 1.82) is 0 Å². The van der Waals surface area contributed by atoms with Crippen LogP contribution in [0, 0.1) is 0 Å². The van der Waals surface area contributed by atoms with Crippen molar-refractivity contribution >= 4 is 28.7 Å². The molecule has 0 aliphatic rings. The second-order valence-corrected chi connectivity index (χ2v) is 5.14. The molecule has 0 spiro atoms. The number of carboxylic acids is 3. The standard InChI is InChI=1S/C16H14O7/c17-12(18)8-16(23,15(21)22)13(14(19)20)11-7-3-5-9-4-1-2-6-10(9)11/h1-7,13,23H,8H2,(H,17,18)(H,19,20)(H,21,22). The summed E-state index contributed by atoms with van der Waals surface area (Å²) in [6.45, 7) is 0. The molecule has 2 aromatic carbocycles. The molecule has 120 valence electrons. The highest BCUT2D eigenvalue weighted by Gasteiger charge is 2.51. The first kappa shape index (κ1) is 16.4. The fourth-order valence-electron chi connectivity index (χ4n) is 2.63. The molecule has 7 nitrogen and oxygen atoms in total. The van der Waals surface area contributed by atoms with E-state index in [4.69, 9.17) is 5.11 Å². The predicted molar refractivity (Wildman–Crippen MR) is 79.2 cm³/mol. The van der Waals surface area contributed by atoms with Crippen LogP contribution in [0.25, 0.3) is 10.8 Å². The fraction of sp³-hybridized carbons (Fsp3) is 0.188. The summed E-state index contributed by atoms with van der Waals surface area (Å²) in [7, 11) is 0. The number of fused-ring (bicyclic) bond motifs is 1. The summed E-state index contributed by atoms with van der Waals surface area (Å²) in [4.78, 5) is 34.0. The van der Waals surface area contributed by atoms with E-state index in [1.54, 1.807) is 30.3 Å². The molecule has 0 saturated carbocycles. The maximum absolute atomic E-state index is 11.7. The first-order valence-corrected chi connectivity index (χ1v) is 6.65. The molecule has 0 amide bonds. The average Bonchev–Trinajstić information content (AvgIpc) is 2.46. The monoisotopic (exact) mass is 318 g/mol. The summed E-state index contributed by atoms with van der Waals surface area (Å²) in [5.74, 6) is -7.06. The Bertz CT molecular complexity index is 778. The smallest absolute Gasteiger partial charge is 0.337 e. The Labute approximate surface area is 130 Å². The lowest BCUT2D eigenvalue weighted by Crippen LogP contribution is -2.49. The maximum atomic E-state index is 11.7. The Kier molecular flexibility index (Phi) is 4.33. The molecule has 2 atom stereocenters. The maximum Gasteiger partial charge on any atom is 0.337 e. The normalized spacial score (nSPS) is 14.8. The van der Waals surface area contributed by atoms with Crippen LogP contribution in [0.2, 0.25) is 0 Å². The zero-order chi connectivity index (χ0) is 17.2. The van der Waals surface area contributed by atoms with Gasteiger partial charge in [-0.15, -0.1) is 0 Å². The van der Waals surface area contributed by atoms with E-state index in [0.29, 0.717) is 10.8 Å². The molecule has 4 N–H and O–H groups in total. The highest BCUT2D eigenvalue weighted by Crippen LogP contribution is 2.36. The number of aliphatic hydroxyl groups is 1. The van der Waals surface area contributed by atoms with Crippen LogP contribution in [0.3, 0.4) is 0 Å². The van der Waals surface area contributed by atoms with Crippen molar-refractivity contribution in [1.82, 2.24) is 0 Å². The molecule has 0 fully saturated rings. The number of rotatable bonds is 6. The van der Waals surface area contributed by atoms with Gasteiger partial charge >= 0.3 is 17.9 Å². The molecular formula is C16H14O7. The molecule has 2 rings (SSSR count). The molecule has 2 unspecified atom stereocenters. The van der Waals surface area contributed by atoms with Crippen molar-refractivity contribution in [3.8, 4) is 0 Å². The second kappa shape index (κ2) is 6.05. The topological polar surface area (TPSA) is 132 Å². The van der Waals surface area contributed by atoms with Crippen LogP contribution in [0.4, 0.5) is 0 Å². The van der Waals surface area contributed by atoms with Crippen molar-refractivity contribution in [2.45, 2.75) is 17.9 Å². The molecule has 0 aliphatic heterocycles. The largest absolute Gasteiger partial charge is 0.481 e. The lowest BCUT2D eigenvalue weighted by molar-refractivity contribution is -0.173. The molecule has 0 aliphatic carbocycles. The van der Waals surface area contributed by atoms with E-state index in [2.05, 4.69) is 0 Å². The third-order valence-electron chi connectivity index (χ3n) is 3.65. The van der Waals surface area contributed by atoms with Gasteiger partial charge in [-0.05, 0) is 16.3 Å². The minimum atomic E-state index is -2.97. The van der Waals surface area contributed by atoms with Crippen LogP contribution in [-0.4, -0.2) is 43.9 Å². The molecule has 2 aromatic rings. The SMILES string of the molecule is O=C(O)CC(O)(C(=O)O)C(C(=O)O)c1cccc2ccccc12. The average molecular weight is 318 g/mol. The number of carboxylic acid groups (broad SMARTS) is 3. The zero-order valence-electron chi connectivity index (χ0n) is 11.8. The van der Waals surface area contributed by atoms with Gasteiger partial charge < -0.3 is 20.4 Å². The molecule has 0 radical (unpaired) electrons. The summed E-state index contributed by atoms with van der Waals surface area (Å²) >= 11 is 0. The lowest BCUT2D eigenvalue weighted by atomic mass is 9.78. The minimum absolute atomic E-state index is 0.0433. The van der Waals surface area contributed by atoms with Gasteiger partial charge in [0, 0.05) is 0 Å². The van der Waals surface area contributed by atoms with Gasteiger partial charge in [-0.25, -0.2) is 4.79 Å². The number of benzene rings is 2. The molecular weight excluding hydrogens is 304 g/mol. The van der Waals surface area contributed by atoms with E-state index in [1.165, 1.54) is 12.1 Å². The molecule has 23 heavy (non-hydrogen) atoms. The van der Waals surface area contributed by atoms with E-state index in [-0.39, 0.29) is 5.56 Å². The number of hydrogen-bond donors (Lipinski definition) is 4. The molecule has 7 heteroatoms. The van der Waals surface area contributed by atoms with Crippen LogP contribution in [-0.2, 0) is 14.4 Å². The highest BCUT2D eigenvalue weighted by molar-refractivity contribution is 5.97. The van der Waals surface area contributed by atoms with Crippen LogP contribution >= 0.6 is 0 Å². The molecule has 0 saturated heterocycles. The van der Waals surface area contributed by atoms with Crippen molar-refractivity contribution in [3.05, 3.63) is 48.0 Å². The minimum Gasteiger partial charge on any atom is -0.481 e. The first-order chi connectivity index (χ1) is 10.8. The van der Waals surface area contributed by atoms with E-state index >= 15 is 0 Å². The zero-order valence-corrected chi connectivity index (χ0v) is 11.8. The Hall–Kier alpha value is -2.93. The van der Waals surface area contributed by atoms with Crippen molar-refractivity contribution in [3.63, 3.8) is 0 Å². The number of hydrogen-bond acceptors (Lipinski definition) is 4. The summed E-state index contributed by atoms with van der Waals surface area (Å²) in [5.41, 5.74) is -2.93. The van der Waals surface area contributed by atoms with E-state index in [1.807, 2.05) is 0 Å². The van der Waals surface area contributed by atoms with Gasteiger partial charge in [0.05, 0.1) is 6.42 Å². The number of carbonyl (C=O) groups is 3. The summed E-state index contributed by atoms with van der Waals surface area (Å²) < 4.78 is 0. The molecule has 0 bridgehead atoms. The summed E-state index contributed by atoms with van der Waals surface area (Å²) in [5, 5.41) is 39.0. The Morgan fingerprint density at radius 3 is 2.13 bits per heavy atom. The van der Waals surface area contributed by atoms with Gasteiger partial charge in [0.25, 0.3) is 0 Å². The van der Waals surface area contributed by atoms with Crippen molar-refractivity contribution < 1.29 is 34.8 Å². The molecule has 0 heterocycles. The third-order valence-corrected chi connectivity index (χ3v) is 3.65. The van der Waals surface area contributed by atoms with Crippen LogP contribution < -0.4 is 0 Å². The van der Waals surface area contributed by atoms with Crippen LogP contribution in [0.15, 0.2) is 42.5 Å². The van der Waals surface area contributed by atoms with Gasteiger partial charge in [0.1, 0.15) is 5.92 Å². The van der Waals surface area contributed by atoms with E-state index < -0.39 is 35.8 Å². The van der Waals surface area contributed by atoms with Gasteiger partial charge in [0.15, 0.2) is 5.60 Å². The molecule has 0 aromatic heterocycles. The highest BCUT2D eigenvalue weighted by atomic mass is 16.4. The van der Waals surface area contributed by atoms with Crippen LogP contribution in [0.5, 0.6) is 0 Å². The van der Waals surface area contributed by atoms with E-state index in [9.17, 15) is 29.7 Å². The summed E-state index contributed by atoms with van der Waals surface area (Å²) in [6.07, 6.45) is -1.23. The third kappa shape index (κ3) is 3.00. The van der Waals surface area contributed by atoms with Crippen molar-refractivity contribution in [2.75, 3.05) is 0 Å². The van der Waals surface area contributed by atoms with Gasteiger partial charge in [-0.1, -0.05) is 42.5 Å². The van der Waals surface area contributed by atoms with Gasteiger partial charge in [0.2, 0.25) is 0 Å². The first-order valence-electron chi connectivity index (χ1n) is 6.65. The number of aliphatic carboxylic acids is 3. The lowest BCUT2D eigenvalue weighted by Gasteiger charge is -2.29. The Balaban J connectivity index is 2.72. The Morgan fingerprint density at radius 2 is 1.57 bits per heavy atom. The van der Waals surface area contributed by atoms with Crippen LogP contribution in [0.1, 0.15) is 17.9 Å². The Morgan fingerprint density at radius 1 is 0.957 bits per heavy atom. The summed E-state index contributed by atoms with van der Waals surface area (Å²) in [6, 6.07) is 11.3. The van der Waals surface area contributed by atoms with Gasteiger partial charge in [-0.2, -0.15) is 0 Å².